The molecule has 3 atom stereocenters. The molecule has 0 aromatic carbocycles. The molecule has 1 N–H and O–H groups in total. The summed E-state index contributed by atoms with van der Waals surface area (Å²) in [5, 5.41) is 3.20. The van der Waals surface area contributed by atoms with Crippen LogP contribution >= 0.6 is 0 Å². The van der Waals surface area contributed by atoms with Gasteiger partial charge in [0.05, 0.1) is 18.6 Å². The average molecular weight is 277 g/mol. The predicted molar refractivity (Wildman–Crippen MR) is 67.6 cm³/mol. The van der Waals surface area contributed by atoms with E-state index in [2.05, 4.69) is 5.32 Å². The number of hydrogen-bond acceptors (Lipinski definition) is 2. The zero-order valence-electron chi connectivity index (χ0n) is 11.3. The molecule has 1 aliphatic carbocycles. The summed E-state index contributed by atoms with van der Waals surface area (Å²) in [5.41, 5.74) is 0. The molecule has 0 aromatic heterocycles. The SMILES string of the molecule is CCNC(C1=CCCO1)C1CCCCC1C(F)(F)F. The highest BCUT2D eigenvalue weighted by Gasteiger charge is 2.48. The molecule has 0 saturated heterocycles. The van der Waals surface area contributed by atoms with Crippen molar-refractivity contribution in [1.29, 1.82) is 0 Å². The second-order valence-corrected chi connectivity index (χ2v) is 5.38. The molecule has 1 fully saturated rings. The normalized spacial score (nSPS) is 29.8. The van der Waals surface area contributed by atoms with Gasteiger partial charge in [-0.15, -0.1) is 0 Å². The van der Waals surface area contributed by atoms with Crippen LogP contribution in [0.3, 0.4) is 0 Å². The third-order valence-electron chi connectivity index (χ3n) is 4.13. The second kappa shape index (κ2) is 6.16. The first-order valence-corrected chi connectivity index (χ1v) is 7.17. The Balaban J connectivity index is 2.17. The van der Waals surface area contributed by atoms with Crippen molar-refractivity contribution in [2.24, 2.45) is 11.8 Å². The van der Waals surface area contributed by atoms with Crippen molar-refractivity contribution in [1.82, 2.24) is 5.32 Å². The van der Waals surface area contributed by atoms with Crippen LogP contribution in [0.4, 0.5) is 13.2 Å². The molecular weight excluding hydrogens is 255 g/mol. The van der Waals surface area contributed by atoms with Crippen molar-refractivity contribution in [3.8, 4) is 0 Å². The van der Waals surface area contributed by atoms with E-state index in [0.717, 1.165) is 18.6 Å². The molecule has 0 aromatic rings. The first kappa shape index (κ1) is 14.7. The van der Waals surface area contributed by atoms with E-state index >= 15 is 0 Å². The fourth-order valence-corrected chi connectivity index (χ4v) is 3.30. The van der Waals surface area contributed by atoms with E-state index in [1.54, 1.807) is 0 Å². The Hall–Kier alpha value is -0.710. The third kappa shape index (κ3) is 3.44. The van der Waals surface area contributed by atoms with Gasteiger partial charge in [0.15, 0.2) is 0 Å². The first-order valence-electron chi connectivity index (χ1n) is 7.17. The van der Waals surface area contributed by atoms with Crippen molar-refractivity contribution < 1.29 is 17.9 Å². The lowest BCUT2D eigenvalue weighted by Crippen LogP contribution is -2.46. The molecular formula is C14H22F3NO. The predicted octanol–water partition coefficient (Wildman–Crippen LogP) is 3.64. The number of rotatable bonds is 4. The summed E-state index contributed by atoms with van der Waals surface area (Å²) in [5.74, 6) is -0.864. The van der Waals surface area contributed by atoms with Crippen LogP contribution < -0.4 is 5.32 Å². The van der Waals surface area contributed by atoms with Crippen LogP contribution in [0.1, 0.15) is 39.0 Å². The summed E-state index contributed by atoms with van der Waals surface area (Å²) in [7, 11) is 0. The smallest absolute Gasteiger partial charge is 0.392 e. The summed E-state index contributed by atoms with van der Waals surface area (Å²) in [6.07, 6.45) is 1.09. The molecule has 1 heterocycles. The molecule has 1 aliphatic heterocycles. The van der Waals surface area contributed by atoms with Gasteiger partial charge in [0.25, 0.3) is 0 Å². The summed E-state index contributed by atoms with van der Waals surface area (Å²) in [4.78, 5) is 0. The monoisotopic (exact) mass is 277 g/mol. The van der Waals surface area contributed by atoms with Gasteiger partial charge in [0, 0.05) is 6.42 Å². The van der Waals surface area contributed by atoms with Gasteiger partial charge in [-0.1, -0.05) is 19.8 Å². The van der Waals surface area contributed by atoms with Gasteiger partial charge < -0.3 is 10.1 Å². The summed E-state index contributed by atoms with van der Waals surface area (Å²) in [6.45, 7) is 3.18. The molecule has 0 spiro atoms. The molecule has 3 unspecified atom stereocenters. The minimum atomic E-state index is -4.10. The van der Waals surface area contributed by atoms with Gasteiger partial charge in [-0.25, -0.2) is 0 Å². The van der Waals surface area contributed by atoms with E-state index < -0.39 is 18.0 Å². The number of nitrogens with one attached hydrogen (secondary N) is 1. The van der Waals surface area contributed by atoms with Crippen LogP contribution in [0.2, 0.25) is 0 Å². The molecule has 0 radical (unpaired) electrons. The molecule has 1 saturated carbocycles. The number of ether oxygens (including phenoxy) is 1. The standard InChI is InChI=1S/C14H22F3NO/c1-2-18-13(12-8-5-9-19-12)10-6-3-4-7-11(10)14(15,16)17/h8,10-11,13,18H,2-7,9H2,1H3. The Morgan fingerprint density at radius 2 is 2.11 bits per heavy atom. The Bertz CT molecular complexity index is 327. The minimum absolute atomic E-state index is 0.253. The van der Waals surface area contributed by atoms with Crippen molar-refractivity contribution in [2.75, 3.05) is 13.2 Å². The summed E-state index contributed by atoms with van der Waals surface area (Å²) < 4.78 is 45.1. The maximum absolute atomic E-state index is 13.2. The quantitative estimate of drug-likeness (QED) is 0.847. The van der Waals surface area contributed by atoms with Crippen LogP contribution in [0, 0.1) is 11.8 Å². The van der Waals surface area contributed by atoms with Gasteiger partial charge in [0.1, 0.15) is 5.76 Å². The highest BCUT2D eigenvalue weighted by molar-refractivity contribution is 5.11. The van der Waals surface area contributed by atoms with Gasteiger partial charge in [0.2, 0.25) is 0 Å². The van der Waals surface area contributed by atoms with E-state index in [1.165, 1.54) is 0 Å². The van der Waals surface area contributed by atoms with E-state index in [4.69, 9.17) is 4.74 Å². The maximum Gasteiger partial charge on any atom is 0.392 e. The number of likely N-dealkylation sites (N-methyl/N-ethyl adjacent to an activating group) is 1. The van der Waals surface area contributed by atoms with Gasteiger partial charge in [-0.3, -0.25) is 0 Å². The highest BCUT2D eigenvalue weighted by Crippen LogP contribution is 2.44. The number of hydrogen-bond donors (Lipinski definition) is 1. The van der Waals surface area contributed by atoms with Crippen molar-refractivity contribution in [3.05, 3.63) is 11.8 Å². The lowest BCUT2D eigenvalue weighted by atomic mass is 9.74. The van der Waals surface area contributed by atoms with Gasteiger partial charge in [-0.2, -0.15) is 13.2 Å². The Morgan fingerprint density at radius 1 is 1.37 bits per heavy atom. The van der Waals surface area contributed by atoms with Crippen LogP contribution in [-0.4, -0.2) is 25.4 Å². The summed E-state index contributed by atoms with van der Waals surface area (Å²) in [6, 6.07) is -0.278. The Kier molecular flexibility index (Phi) is 4.76. The van der Waals surface area contributed by atoms with E-state index in [0.29, 0.717) is 26.0 Å². The van der Waals surface area contributed by atoms with Gasteiger partial charge >= 0.3 is 6.18 Å². The molecule has 2 nitrogen and oxygen atoms in total. The van der Waals surface area contributed by atoms with Crippen LogP contribution in [-0.2, 0) is 4.74 Å². The molecule has 2 aliphatic rings. The molecule has 5 heteroatoms. The van der Waals surface area contributed by atoms with E-state index in [-0.39, 0.29) is 12.5 Å². The zero-order valence-corrected chi connectivity index (χ0v) is 11.3. The zero-order chi connectivity index (χ0) is 13.9. The van der Waals surface area contributed by atoms with Gasteiger partial charge in [-0.05, 0) is 31.4 Å². The summed E-state index contributed by atoms with van der Waals surface area (Å²) >= 11 is 0. The molecule has 19 heavy (non-hydrogen) atoms. The van der Waals surface area contributed by atoms with E-state index in [9.17, 15) is 13.2 Å². The maximum atomic E-state index is 13.2. The molecule has 110 valence electrons. The number of alkyl halides is 3. The van der Waals surface area contributed by atoms with Crippen molar-refractivity contribution >= 4 is 0 Å². The van der Waals surface area contributed by atoms with E-state index in [1.807, 2.05) is 13.0 Å². The Morgan fingerprint density at radius 3 is 2.68 bits per heavy atom. The topological polar surface area (TPSA) is 21.3 Å². The largest absolute Gasteiger partial charge is 0.496 e. The lowest BCUT2D eigenvalue weighted by molar-refractivity contribution is -0.199. The van der Waals surface area contributed by atoms with Crippen molar-refractivity contribution in [3.63, 3.8) is 0 Å². The number of halogens is 3. The van der Waals surface area contributed by atoms with Crippen LogP contribution in [0.5, 0.6) is 0 Å². The third-order valence-corrected chi connectivity index (χ3v) is 4.13. The first-order chi connectivity index (χ1) is 9.04. The molecule has 0 amide bonds. The van der Waals surface area contributed by atoms with Crippen LogP contribution in [0.15, 0.2) is 11.8 Å². The minimum Gasteiger partial charge on any atom is -0.496 e. The highest BCUT2D eigenvalue weighted by atomic mass is 19.4. The lowest BCUT2D eigenvalue weighted by Gasteiger charge is -2.38. The Labute approximate surface area is 112 Å². The second-order valence-electron chi connectivity index (χ2n) is 5.38. The molecule has 2 rings (SSSR count). The molecule has 0 bridgehead atoms. The fraction of sp³-hybridized carbons (Fsp3) is 0.857. The van der Waals surface area contributed by atoms with Crippen LogP contribution in [0.25, 0.3) is 0 Å². The van der Waals surface area contributed by atoms with Crippen molar-refractivity contribution in [2.45, 2.75) is 51.2 Å². The average Bonchev–Trinajstić information content (AvgIpc) is 2.88. The fourth-order valence-electron chi connectivity index (χ4n) is 3.30.